The summed E-state index contributed by atoms with van der Waals surface area (Å²) in [5.41, 5.74) is -0.313. The fourth-order valence-electron chi connectivity index (χ4n) is 3.22. The van der Waals surface area contributed by atoms with Crippen LogP contribution in [0.15, 0.2) is 41.3 Å². The minimum atomic E-state index is -4.12. The molecule has 0 aliphatic carbocycles. The van der Waals surface area contributed by atoms with Crippen molar-refractivity contribution in [3.63, 3.8) is 0 Å². The zero-order valence-corrected chi connectivity index (χ0v) is 14.2. The number of primary sulfonamides is 1. The molecule has 0 bridgehead atoms. The van der Waals surface area contributed by atoms with E-state index in [4.69, 9.17) is 5.14 Å². The number of rotatable bonds is 4. The summed E-state index contributed by atoms with van der Waals surface area (Å²) < 4.78 is 51.6. The molecular weight excluding hydrogens is 368 g/mol. The number of hydrogen-bond donors (Lipinski definition) is 1. The molecule has 2 N–H and O–H groups in total. The Kier molecular flexibility index (Phi) is 4.63. The number of nitro groups is 1. The van der Waals surface area contributed by atoms with Crippen LogP contribution in [0, 0.1) is 21.7 Å². The Balaban J connectivity index is 2.00. The van der Waals surface area contributed by atoms with Gasteiger partial charge >= 0.3 is 0 Å². The second kappa shape index (κ2) is 6.61. The van der Waals surface area contributed by atoms with Crippen LogP contribution in [-0.2, 0) is 10.0 Å². The van der Waals surface area contributed by atoms with E-state index >= 15 is 0 Å². The molecule has 10 heteroatoms. The molecular formula is C16H15F2N3O4S. The smallest absolute Gasteiger partial charge is 0.271 e. The van der Waals surface area contributed by atoms with Crippen LogP contribution < -0.4 is 10.0 Å². The Morgan fingerprint density at radius 3 is 2.42 bits per heavy atom. The van der Waals surface area contributed by atoms with Gasteiger partial charge in [0.15, 0.2) is 0 Å². The van der Waals surface area contributed by atoms with Crippen LogP contribution in [0.5, 0.6) is 0 Å². The van der Waals surface area contributed by atoms with Gasteiger partial charge in [-0.2, -0.15) is 0 Å². The lowest BCUT2D eigenvalue weighted by Gasteiger charge is -2.21. The van der Waals surface area contributed by atoms with Crippen molar-refractivity contribution in [1.29, 1.82) is 0 Å². The van der Waals surface area contributed by atoms with E-state index in [0.717, 1.165) is 30.3 Å². The van der Waals surface area contributed by atoms with Crippen molar-refractivity contribution >= 4 is 21.4 Å². The summed E-state index contributed by atoms with van der Waals surface area (Å²) in [7, 11) is -4.12. The third-order valence-corrected chi connectivity index (χ3v) is 5.36. The van der Waals surface area contributed by atoms with Gasteiger partial charge in [0.05, 0.1) is 10.6 Å². The Morgan fingerprint density at radius 2 is 1.85 bits per heavy atom. The van der Waals surface area contributed by atoms with E-state index in [1.807, 2.05) is 0 Å². The molecule has 1 aliphatic rings. The summed E-state index contributed by atoms with van der Waals surface area (Å²) in [6.07, 6.45) is 0.366. The minimum Gasteiger partial charge on any atom is -0.370 e. The van der Waals surface area contributed by atoms with E-state index in [2.05, 4.69) is 0 Å². The predicted octanol–water partition coefficient (Wildman–Crippen LogP) is 2.51. The van der Waals surface area contributed by atoms with Gasteiger partial charge in [-0.15, -0.1) is 0 Å². The molecule has 2 aromatic carbocycles. The zero-order valence-electron chi connectivity index (χ0n) is 13.4. The second-order valence-corrected chi connectivity index (χ2v) is 7.55. The van der Waals surface area contributed by atoms with Crippen LogP contribution in [0.25, 0.3) is 0 Å². The first kappa shape index (κ1) is 18.2. The SMILES string of the molecule is NS(=O)(=O)c1ccc([N+](=O)[O-])cc1N1CCC(c2c(F)cccc2F)C1. The third kappa shape index (κ3) is 3.37. The Morgan fingerprint density at radius 1 is 1.19 bits per heavy atom. The first-order valence-electron chi connectivity index (χ1n) is 7.68. The fourth-order valence-corrected chi connectivity index (χ4v) is 3.96. The van der Waals surface area contributed by atoms with Gasteiger partial charge in [0.1, 0.15) is 16.5 Å². The molecule has 3 rings (SSSR count). The number of nitrogens with zero attached hydrogens (tertiary/aromatic N) is 2. The van der Waals surface area contributed by atoms with E-state index in [1.54, 1.807) is 4.90 Å². The summed E-state index contributed by atoms with van der Waals surface area (Å²) in [6, 6.07) is 6.81. The summed E-state index contributed by atoms with van der Waals surface area (Å²) >= 11 is 0. The van der Waals surface area contributed by atoms with Gasteiger partial charge < -0.3 is 4.90 Å². The van der Waals surface area contributed by atoms with Gasteiger partial charge in [-0.05, 0) is 24.6 Å². The number of benzene rings is 2. The van der Waals surface area contributed by atoms with Gasteiger partial charge in [-0.25, -0.2) is 22.3 Å². The Labute approximate surface area is 148 Å². The quantitative estimate of drug-likeness (QED) is 0.645. The fraction of sp³-hybridized carbons (Fsp3) is 0.250. The minimum absolute atomic E-state index is 0.0564. The largest absolute Gasteiger partial charge is 0.370 e. The lowest BCUT2D eigenvalue weighted by atomic mass is 9.97. The van der Waals surface area contributed by atoms with Gasteiger partial charge in [0, 0.05) is 36.7 Å². The van der Waals surface area contributed by atoms with Crippen LogP contribution in [0.4, 0.5) is 20.2 Å². The van der Waals surface area contributed by atoms with Crippen LogP contribution in [-0.4, -0.2) is 26.4 Å². The number of halogens is 2. The van der Waals surface area contributed by atoms with E-state index < -0.39 is 32.5 Å². The average Bonchev–Trinajstić information content (AvgIpc) is 3.02. The molecule has 0 spiro atoms. The molecule has 1 unspecified atom stereocenters. The highest BCUT2D eigenvalue weighted by atomic mass is 32.2. The molecule has 1 heterocycles. The standard InChI is InChI=1S/C16H15F2N3O4S/c17-12-2-1-3-13(18)16(12)10-6-7-20(9-10)14-8-11(21(22)23)4-5-15(14)26(19,24)25/h1-5,8,10H,6-7,9H2,(H2,19,24,25). The zero-order chi connectivity index (χ0) is 19.1. The van der Waals surface area contributed by atoms with Crippen LogP contribution in [0.3, 0.4) is 0 Å². The molecule has 0 radical (unpaired) electrons. The van der Waals surface area contributed by atoms with Crippen molar-refractivity contribution in [2.75, 3.05) is 18.0 Å². The summed E-state index contributed by atoms with van der Waals surface area (Å²) in [5, 5.41) is 16.2. The molecule has 0 aromatic heterocycles. The summed E-state index contributed by atoms with van der Waals surface area (Å²) in [5.74, 6) is -1.87. The third-order valence-electron chi connectivity index (χ3n) is 4.40. The molecule has 138 valence electrons. The van der Waals surface area contributed by atoms with Crippen molar-refractivity contribution < 1.29 is 22.1 Å². The molecule has 26 heavy (non-hydrogen) atoms. The van der Waals surface area contributed by atoms with Crippen LogP contribution >= 0.6 is 0 Å². The predicted molar refractivity (Wildman–Crippen MR) is 90.4 cm³/mol. The highest BCUT2D eigenvalue weighted by molar-refractivity contribution is 7.89. The maximum atomic E-state index is 14.0. The number of sulfonamides is 1. The van der Waals surface area contributed by atoms with Crippen molar-refractivity contribution in [1.82, 2.24) is 0 Å². The highest BCUT2D eigenvalue weighted by Gasteiger charge is 2.31. The number of non-ortho nitro benzene ring substituents is 1. The van der Waals surface area contributed by atoms with Crippen LogP contribution in [0.2, 0.25) is 0 Å². The molecule has 0 saturated carbocycles. The van der Waals surface area contributed by atoms with E-state index in [-0.39, 0.29) is 34.9 Å². The lowest BCUT2D eigenvalue weighted by molar-refractivity contribution is -0.384. The lowest BCUT2D eigenvalue weighted by Crippen LogP contribution is -2.24. The van der Waals surface area contributed by atoms with E-state index in [9.17, 15) is 27.3 Å². The summed E-state index contributed by atoms with van der Waals surface area (Å²) in [4.78, 5) is 11.6. The number of hydrogen-bond acceptors (Lipinski definition) is 5. The highest BCUT2D eigenvalue weighted by Crippen LogP contribution is 2.37. The number of anilines is 1. The normalized spacial score (nSPS) is 17.5. The maximum Gasteiger partial charge on any atom is 0.271 e. The van der Waals surface area contributed by atoms with Gasteiger partial charge in [-0.1, -0.05) is 6.07 Å². The van der Waals surface area contributed by atoms with Crippen LogP contribution in [0.1, 0.15) is 17.9 Å². The van der Waals surface area contributed by atoms with Crippen molar-refractivity contribution in [3.05, 3.63) is 63.7 Å². The van der Waals surface area contributed by atoms with Gasteiger partial charge in [0.2, 0.25) is 10.0 Å². The van der Waals surface area contributed by atoms with Gasteiger partial charge in [-0.3, -0.25) is 10.1 Å². The number of nitro benzene ring substituents is 1. The second-order valence-electron chi connectivity index (χ2n) is 6.02. The molecule has 1 aliphatic heterocycles. The molecule has 1 atom stereocenters. The molecule has 1 saturated heterocycles. The Hall–Kier alpha value is -2.59. The number of nitrogens with two attached hydrogens (primary N) is 1. The van der Waals surface area contributed by atoms with Gasteiger partial charge in [0.25, 0.3) is 5.69 Å². The first-order valence-corrected chi connectivity index (χ1v) is 9.23. The summed E-state index contributed by atoms with van der Waals surface area (Å²) in [6.45, 7) is 0.393. The average molecular weight is 383 g/mol. The molecule has 0 amide bonds. The maximum absolute atomic E-state index is 14.0. The monoisotopic (exact) mass is 383 g/mol. The Bertz CT molecular complexity index is 961. The molecule has 1 fully saturated rings. The van der Waals surface area contributed by atoms with Crippen molar-refractivity contribution in [3.8, 4) is 0 Å². The van der Waals surface area contributed by atoms with Crippen molar-refractivity contribution in [2.45, 2.75) is 17.2 Å². The van der Waals surface area contributed by atoms with E-state index in [0.29, 0.717) is 6.42 Å². The topological polar surface area (TPSA) is 107 Å². The first-order chi connectivity index (χ1) is 12.2. The van der Waals surface area contributed by atoms with Crippen molar-refractivity contribution in [2.24, 2.45) is 5.14 Å². The molecule has 7 nitrogen and oxygen atoms in total. The molecule has 2 aromatic rings. The van der Waals surface area contributed by atoms with E-state index in [1.165, 1.54) is 6.07 Å².